The van der Waals surface area contributed by atoms with Crippen molar-refractivity contribution in [3.63, 3.8) is 0 Å². The highest BCUT2D eigenvalue weighted by molar-refractivity contribution is 7.89. The first-order valence-corrected chi connectivity index (χ1v) is 13.6. The molecule has 1 aliphatic rings. The second-order valence-corrected chi connectivity index (χ2v) is 11.1. The van der Waals surface area contributed by atoms with Crippen molar-refractivity contribution in [2.45, 2.75) is 30.2 Å². The van der Waals surface area contributed by atoms with Gasteiger partial charge in [-0.1, -0.05) is 71.8 Å². The summed E-state index contributed by atoms with van der Waals surface area (Å²) in [6.45, 7) is 3.33. The topological polar surface area (TPSA) is 87.3 Å². The Bertz CT molecular complexity index is 1230. The number of hydrogen-bond acceptors (Lipinski definition) is 4. The number of halogens is 1. The summed E-state index contributed by atoms with van der Waals surface area (Å²) in [5, 5.41) is 6.96. The van der Waals surface area contributed by atoms with Gasteiger partial charge in [0.05, 0.1) is 10.8 Å². The Hall–Kier alpha value is -2.71. The zero-order chi connectivity index (χ0) is 24.8. The normalized spacial score (nSPS) is 19.1. The van der Waals surface area contributed by atoms with Crippen LogP contribution in [0, 0.1) is 12.8 Å². The smallest absolute Gasteiger partial charge is 0.240 e. The van der Waals surface area contributed by atoms with E-state index in [1.807, 2.05) is 61.5 Å². The molecular weight excluding hydrogens is 482 g/mol. The van der Waals surface area contributed by atoms with E-state index in [-0.39, 0.29) is 28.7 Å². The van der Waals surface area contributed by atoms with Gasteiger partial charge in [-0.15, -0.1) is 0 Å². The highest BCUT2D eigenvalue weighted by atomic mass is 35.5. The summed E-state index contributed by atoms with van der Waals surface area (Å²) in [5.74, 6) is -0.451. The summed E-state index contributed by atoms with van der Waals surface area (Å²) in [6, 6.07) is 24.0. The molecule has 0 spiro atoms. The Labute approximate surface area is 212 Å². The number of hydrogen-bond donors (Lipinski definition) is 3. The van der Waals surface area contributed by atoms with Gasteiger partial charge in [0.2, 0.25) is 15.9 Å². The van der Waals surface area contributed by atoms with E-state index in [1.165, 1.54) is 0 Å². The van der Waals surface area contributed by atoms with Crippen molar-refractivity contribution in [1.29, 1.82) is 0 Å². The van der Waals surface area contributed by atoms with Crippen molar-refractivity contribution in [2.24, 2.45) is 5.92 Å². The average molecular weight is 512 g/mol. The van der Waals surface area contributed by atoms with Crippen LogP contribution >= 0.6 is 11.6 Å². The first-order chi connectivity index (χ1) is 16.8. The summed E-state index contributed by atoms with van der Waals surface area (Å²) in [6.07, 6.45) is 0.431. The van der Waals surface area contributed by atoms with Gasteiger partial charge in [-0.25, -0.2) is 13.1 Å². The molecule has 0 aliphatic carbocycles. The molecule has 1 saturated heterocycles. The van der Waals surface area contributed by atoms with Crippen LogP contribution in [-0.2, 0) is 14.8 Å². The number of nitrogens with one attached hydrogen (secondary N) is 3. The van der Waals surface area contributed by atoms with Crippen LogP contribution in [0.15, 0.2) is 83.8 Å². The average Bonchev–Trinajstić information content (AvgIpc) is 2.86. The minimum Gasteiger partial charge on any atom is -0.355 e. The number of benzene rings is 3. The maximum absolute atomic E-state index is 13.1. The van der Waals surface area contributed by atoms with Gasteiger partial charge in [-0.3, -0.25) is 4.79 Å². The monoisotopic (exact) mass is 511 g/mol. The molecule has 3 atom stereocenters. The number of aryl methyl sites for hydroxylation is 1. The number of carbonyl (C=O) groups is 1. The maximum atomic E-state index is 13.1. The number of rotatable bonds is 8. The van der Waals surface area contributed by atoms with E-state index in [4.69, 9.17) is 11.6 Å². The van der Waals surface area contributed by atoms with Crippen molar-refractivity contribution < 1.29 is 13.2 Å². The van der Waals surface area contributed by atoms with Crippen molar-refractivity contribution in [2.75, 3.05) is 19.6 Å². The third-order valence-electron chi connectivity index (χ3n) is 6.33. The first-order valence-electron chi connectivity index (χ1n) is 11.7. The minimum absolute atomic E-state index is 0.0233. The summed E-state index contributed by atoms with van der Waals surface area (Å²) in [5.41, 5.74) is 3.15. The van der Waals surface area contributed by atoms with Gasteiger partial charge >= 0.3 is 0 Å². The van der Waals surface area contributed by atoms with Gasteiger partial charge in [-0.2, -0.15) is 0 Å². The molecule has 8 heteroatoms. The maximum Gasteiger partial charge on any atom is 0.240 e. The van der Waals surface area contributed by atoms with Crippen molar-refractivity contribution in [3.05, 3.63) is 101 Å². The molecule has 1 heterocycles. The van der Waals surface area contributed by atoms with E-state index in [9.17, 15) is 13.2 Å². The highest BCUT2D eigenvalue weighted by Crippen LogP contribution is 2.26. The largest absolute Gasteiger partial charge is 0.355 e. The van der Waals surface area contributed by atoms with Gasteiger partial charge in [0.15, 0.2) is 0 Å². The fourth-order valence-electron chi connectivity index (χ4n) is 4.39. The molecule has 0 saturated carbocycles. The molecule has 3 aromatic carbocycles. The molecule has 0 radical (unpaired) electrons. The lowest BCUT2D eigenvalue weighted by molar-refractivity contribution is -0.125. The molecule has 1 unspecified atom stereocenters. The van der Waals surface area contributed by atoms with Gasteiger partial charge < -0.3 is 10.6 Å². The molecule has 0 bridgehead atoms. The molecule has 35 heavy (non-hydrogen) atoms. The summed E-state index contributed by atoms with van der Waals surface area (Å²) in [4.78, 5) is 13.3. The highest BCUT2D eigenvalue weighted by Gasteiger charge is 2.30. The van der Waals surface area contributed by atoms with Crippen LogP contribution in [-0.4, -0.2) is 40.0 Å². The molecule has 3 aromatic rings. The molecule has 184 valence electrons. The number of carbonyl (C=O) groups excluding carboxylic acids is 1. The number of piperidine rings is 1. The molecule has 0 aromatic heterocycles. The van der Waals surface area contributed by atoms with Gasteiger partial charge in [-0.05, 0) is 48.7 Å². The van der Waals surface area contributed by atoms with E-state index in [1.54, 1.807) is 24.3 Å². The van der Waals surface area contributed by atoms with Crippen LogP contribution in [0.3, 0.4) is 0 Å². The number of sulfonamides is 1. The zero-order valence-electron chi connectivity index (χ0n) is 19.6. The summed E-state index contributed by atoms with van der Waals surface area (Å²) >= 11 is 6.07. The van der Waals surface area contributed by atoms with Crippen molar-refractivity contribution in [1.82, 2.24) is 15.4 Å². The SMILES string of the molecule is Cc1ccc(S(=O)(=O)N[C@H]2CNC[C@@H](C(=O)NCC(c3ccccc3)c3ccc(Cl)cc3)C2)cc1. The van der Waals surface area contributed by atoms with Crippen LogP contribution in [0.5, 0.6) is 0 Å². The molecule has 4 rings (SSSR count). The van der Waals surface area contributed by atoms with Gasteiger partial charge in [0.25, 0.3) is 0 Å². The lowest BCUT2D eigenvalue weighted by atomic mass is 9.90. The van der Waals surface area contributed by atoms with Gasteiger partial charge in [0.1, 0.15) is 0 Å². The Kier molecular flexibility index (Phi) is 8.23. The summed E-state index contributed by atoms with van der Waals surface area (Å²) < 4.78 is 28.3. The van der Waals surface area contributed by atoms with E-state index < -0.39 is 10.0 Å². The Balaban J connectivity index is 1.40. The first kappa shape index (κ1) is 25.4. The van der Waals surface area contributed by atoms with E-state index in [0.717, 1.165) is 16.7 Å². The Morgan fingerprint density at radius 2 is 1.63 bits per heavy atom. The lowest BCUT2D eigenvalue weighted by Gasteiger charge is -2.30. The van der Waals surface area contributed by atoms with Crippen LogP contribution in [0.1, 0.15) is 29.0 Å². The second kappa shape index (κ2) is 11.4. The molecule has 1 aliphatic heterocycles. The number of amides is 1. The Morgan fingerprint density at radius 3 is 2.31 bits per heavy atom. The van der Waals surface area contributed by atoms with Crippen LogP contribution in [0.4, 0.5) is 0 Å². The molecule has 1 fully saturated rings. The lowest BCUT2D eigenvalue weighted by Crippen LogP contribution is -2.52. The molecule has 1 amide bonds. The predicted molar refractivity (Wildman–Crippen MR) is 139 cm³/mol. The third kappa shape index (κ3) is 6.70. The van der Waals surface area contributed by atoms with E-state index >= 15 is 0 Å². The van der Waals surface area contributed by atoms with Crippen LogP contribution < -0.4 is 15.4 Å². The Morgan fingerprint density at radius 1 is 0.971 bits per heavy atom. The predicted octanol–water partition coefficient (Wildman–Crippen LogP) is 3.85. The van der Waals surface area contributed by atoms with Crippen molar-refractivity contribution >= 4 is 27.5 Å². The third-order valence-corrected chi connectivity index (χ3v) is 8.12. The van der Waals surface area contributed by atoms with Crippen molar-refractivity contribution in [3.8, 4) is 0 Å². The fraction of sp³-hybridized carbons (Fsp3) is 0.296. The van der Waals surface area contributed by atoms with E-state index in [2.05, 4.69) is 15.4 Å². The standard InChI is InChI=1S/C27H30ClN3O3S/c1-19-7-13-25(14-8-19)35(33,34)31-24-15-22(16-29-17-24)27(32)30-18-26(20-5-3-2-4-6-20)21-9-11-23(28)12-10-21/h2-14,22,24,26,29,31H,15-18H2,1H3,(H,30,32)/t22-,24+,26?/m0/s1. The molecular formula is C27H30ClN3O3S. The zero-order valence-corrected chi connectivity index (χ0v) is 21.1. The fourth-order valence-corrected chi connectivity index (χ4v) is 5.77. The van der Waals surface area contributed by atoms with Crippen LogP contribution in [0.25, 0.3) is 0 Å². The van der Waals surface area contributed by atoms with Crippen LogP contribution in [0.2, 0.25) is 5.02 Å². The summed E-state index contributed by atoms with van der Waals surface area (Å²) in [7, 11) is -3.66. The van der Waals surface area contributed by atoms with E-state index in [0.29, 0.717) is 31.1 Å². The molecule has 3 N–H and O–H groups in total. The minimum atomic E-state index is -3.66. The quantitative estimate of drug-likeness (QED) is 0.428. The van der Waals surface area contributed by atoms with Gasteiger partial charge in [0, 0.05) is 36.6 Å². The second-order valence-electron chi connectivity index (χ2n) is 8.98. The molecule has 6 nitrogen and oxygen atoms in total.